The lowest BCUT2D eigenvalue weighted by Gasteiger charge is -2.32. The summed E-state index contributed by atoms with van der Waals surface area (Å²) in [5.41, 5.74) is 6.40. The Morgan fingerprint density at radius 3 is 2.76 bits per heavy atom. The Balaban J connectivity index is 1.81. The van der Waals surface area contributed by atoms with Gasteiger partial charge in [-0.25, -0.2) is 13.1 Å². The highest BCUT2D eigenvalue weighted by Gasteiger charge is 2.29. The van der Waals surface area contributed by atoms with E-state index in [9.17, 15) is 8.42 Å². The lowest BCUT2D eigenvalue weighted by atomic mass is 9.89. The molecule has 1 aromatic heterocycles. The van der Waals surface area contributed by atoms with Crippen LogP contribution in [0.1, 0.15) is 18.5 Å². The summed E-state index contributed by atoms with van der Waals surface area (Å²) < 4.78 is 26.1. The molecule has 0 aromatic carbocycles. The molecule has 5 nitrogen and oxygen atoms in total. The largest absolute Gasteiger partial charge is 0.328 e. The molecule has 6 heteroatoms. The maximum Gasteiger partial charge on any atom is 0.212 e. The van der Waals surface area contributed by atoms with E-state index < -0.39 is 10.0 Å². The number of rotatable bonds is 5. The van der Waals surface area contributed by atoms with E-state index in [1.807, 2.05) is 18.2 Å². The van der Waals surface area contributed by atoms with Crippen molar-refractivity contribution in [1.82, 2.24) is 9.71 Å². The summed E-state index contributed by atoms with van der Waals surface area (Å²) in [5, 5.41) is 0. The van der Waals surface area contributed by atoms with E-state index in [4.69, 9.17) is 5.73 Å². The fourth-order valence-electron chi connectivity index (χ4n) is 1.86. The van der Waals surface area contributed by atoms with Crippen LogP contribution in [0.2, 0.25) is 0 Å². The molecule has 0 aliphatic heterocycles. The molecule has 0 unspecified atom stereocenters. The van der Waals surface area contributed by atoms with Crippen LogP contribution in [0, 0.1) is 0 Å². The Labute approximate surface area is 101 Å². The van der Waals surface area contributed by atoms with Crippen LogP contribution in [0.25, 0.3) is 0 Å². The van der Waals surface area contributed by atoms with Gasteiger partial charge in [-0.3, -0.25) is 4.98 Å². The molecule has 0 radical (unpaired) electrons. The van der Waals surface area contributed by atoms with E-state index in [1.54, 1.807) is 6.20 Å². The van der Waals surface area contributed by atoms with E-state index in [0.717, 1.165) is 18.5 Å². The number of hydrogen-bond acceptors (Lipinski definition) is 4. The molecule has 1 saturated carbocycles. The first-order chi connectivity index (χ1) is 8.05. The number of hydrogen-bond donors (Lipinski definition) is 2. The smallest absolute Gasteiger partial charge is 0.212 e. The first-order valence-electron chi connectivity index (χ1n) is 5.71. The molecular weight excluding hydrogens is 238 g/mol. The van der Waals surface area contributed by atoms with Crippen molar-refractivity contribution in [2.45, 2.75) is 31.3 Å². The number of nitrogens with zero attached hydrogens (tertiary/aromatic N) is 1. The molecule has 0 amide bonds. The van der Waals surface area contributed by atoms with Crippen molar-refractivity contribution in [2.24, 2.45) is 5.73 Å². The molecule has 1 heterocycles. The topological polar surface area (TPSA) is 85.1 Å². The number of sulfonamides is 1. The van der Waals surface area contributed by atoms with E-state index in [0.29, 0.717) is 6.42 Å². The van der Waals surface area contributed by atoms with Gasteiger partial charge in [-0.1, -0.05) is 6.07 Å². The van der Waals surface area contributed by atoms with Crippen LogP contribution < -0.4 is 10.5 Å². The Hall–Kier alpha value is -0.980. The summed E-state index contributed by atoms with van der Waals surface area (Å²) in [4.78, 5) is 4.09. The Kier molecular flexibility index (Phi) is 3.76. The minimum absolute atomic E-state index is 0.0266. The van der Waals surface area contributed by atoms with Crippen LogP contribution >= 0.6 is 0 Å². The van der Waals surface area contributed by atoms with Crippen LogP contribution in [-0.2, 0) is 16.4 Å². The van der Waals surface area contributed by atoms with Gasteiger partial charge in [-0.15, -0.1) is 0 Å². The molecule has 1 aliphatic carbocycles. The maximum absolute atomic E-state index is 11.7. The van der Waals surface area contributed by atoms with Gasteiger partial charge in [0.2, 0.25) is 10.0 Å². The molecule has 94 valence electrons. The molecule has 0 saturated heterocycles. The first kappa shape index (κ1) is 12.5. The van der Waals surface area contributed by atoms with Crippen LogP contribution in [0.15, 0.2) is 24.4 Å². The van der Waals surface area contributed by atoms with Gasteiger partial charge >= 0.3 is 0 Å². The van der Waals surface area contributed by atoms with Gasteiger partial charge in [0.15, 0.2) is 0 Å². The number of pyridine rings is 1. The Morgan fingerprint density at radius 2 is 2.18 bits per heavy atom. The maximum atomic E-state index is 11.7. The summed E-state index contributed by atoms with van der Waals surface area (Å²) in [7, 11) is -3.21. The first-order valence-corrected chi connectivity index (χ1v) is 7.36. The zero-order valence-corrected chi connectivity index (χ0v) is 10.4. The van der Waals surface area contributed by atoms with Crippen LogP contribution in [-0.4, -0.2) is 31.2 Å². The Morgan fingerprint density at radius 1 is 1.41 bits per heavy atom. The van der Waals surface area contributed by atoms with Crippen molar-refractivity contribution in [2.75, 3.05) is 5.75 Å². The van der Waals surface area contributed by atoms with Crippen LogP contribution in [0.3, 0.4) is 0 Å². The van der Waals surface area contributed by atoms with Crippen molar-refractivity contribution in [3.63, 3.8) is 0 Å². The lowest BCUT2D eigenvalue weighted by molar-refractivity contribution is 0.327. The molecule has 3 N–H and O–H groups in total. The zero-order chi connectivity index (χ0) is 12.3. The van der Waals surface area contributed by atoms with E-state index in [1.165, 1.54) is 0 Å². The van der Waals surface area contributed by atoms with Gasteiger partial charge in [0.05, 0.1) is 5.75 Å². The van der Waals surface area contributed by atoms with Crippen molar-refractivity contribution >= 4 is 10.0 Å². The molecular formula is C11H17N3O2S. The third-order valence-corrected chi connectivity index (χ3v) is 4.31. The van der Waals surface area contributed by atoms with E-state index in [2.05, 4.69) is 9.71 Å². The van der Waals surface area contributed by atoms with E-state index in [-0.39, 0.29) is 17.8 Å². The monoisotopic (exact) mass is 255 g/mol. The van der Waals surface area contributed by atoms with Crippen molar-refractivity contribution in [1.29, 1.82) is 0 Å². The predicted molar refractivity (Wildman–Crippen MR) is 65.9 cm³/mol. The number of aromatic nitrogens is 1. The fraction of sp³-hybridized carbons (Fsp3) is 0.545. The third kappa shape index (κ3) is 3.76. The summed E-state index contributed by atoms with van der Waals surface area (Å²) in [6, 6.07) is 5.67. The quantitative estimate of drug-likeness (QED) is 0.777. The summed E-state index contributed by atoms with van der Waals surface area (Å²) in [6.45, 7) is 0. The second kappa shape index (κ2) is 5.12. The van der Waals surface area contributed by atoms with Gasteiger partial charge < -0.3 is 5.73 Å². The van der Waals surface area contributed by atoms with Gasteiger partial charge in [0.1, 0.15) is 0 Å². The van der Waals surface area contributed by atoms with Gasteiger partial charge in [-0.2, -0.15) is 0 Å². The standard InChI is InChI=1S/C11H17N3O2S/c12-9-7-11(8-9)14-17(15,16)6-4-10-3-1-2-5-13-10/h1-3,5,9,11,14H,4,6-8,12H2. The second-order valence-electron chi connectivity index (χ2n) is 4.44. The highest BCUT2D eigenvalue weighted by Crippen LogP contribution is 2.18. The van der Waals surface area contributed by atoms with Gasteiger partial charge in [0.25, 0.3) is 0 Å². The summed E-state index contributed by atoms with van der Waals surface area (Å²) in [5.74, 6) is 0.0791. The molecule has 0 spiro atoms. The SMILES string of the molecule is NC1CC(NS(=O)(=O)CCc2ccccn2)C1. The minimum atomic E-state index is -3.21. The van der Waals surface area contributed by atoms with Gasteiger partial charge in [-0.05, 0) is 25.0 Å². The fourth-order valence-corrected chi connectivity index (χ4v) is 3.15. The molecule has 1 aliphatic rings. The Bertz CT molecular complexity index is 455. The van der Waals surface area contributed by atoms with E-state index >= 15 is 0 Å². The highest BCUT2D eigenvalue weighted by molar-refractivity contribution is 7.89. The van der Waals surface area contributed by atoms with Crippen molar-refractivity contribution < 1.29 is 8.42 Å². The number of nitrogens with one attached hydrogen (secondary N) is 1. The summed E-state index contributed by atoms with van der Waals surface area (Å²) in [6.07, 6.45) is 3.58. The average molecular weight is 255 g/mol. The minimum Gasteiger partial charge on any atom is -0.328 e. The number of nitrogens with two attached hydrogens (primary N) is 1. The predicted octanol–water partition coefficient (Wildman–Crippen LogP) is 0.0332. The van der Waals surface area contributed by atoms with Crippen molar-refractivity contribution in [3.05, 3.63) is 30.1 Å². The normalized spacial score (nSPS) is 24.3. The van der Waals surface area contributed by atoms with Crippen LogP contribution in [0.4, 0.5) is 0 Å². The molecule has 1 aromatic rings. The number of aryl methyl sites for hydroxylation is 1. The lowest BCUT2D eigenvalue weighted by Crippen LogP contribution is -2.50. The molecule has 0 atom stereocenters. The van der Waals surface area contributed by atoms with Gasteiger partial charge in [0, 0.05) is 30.4 Å². The van der Waals surface area contributed by atoms with Crippen molar-refractivity contribution in [3.8, 4) is 0 Å². The molecule has 1 fully saturated rings. The zero-order valence-electron chi connectivity index (χ0n) is 9.54. The third-order valence-electron chi connectivity index (χ3n) is 2.87. The highest BCUT2D eigenvalue weighted by atomic mass is 32.2. The van der Waals surface area contributed by atoms with Crippen LogP contribution in [0.5, 0.6) is 0 Å². The average Bonchev–Trinajstić information content (AvgIpc) is 2.26. The molecule has 2 rings (SSSR count). The second-order valence-corrected chi connectivity index (χ2v) is 6.31. The molecule has 0 bridgehead atoms. The molecule has 17 heavy (non-hydrogen) atoms. The summed E-state index contributed by atoms with van der Waals surface area (Å²) >= 11 is 0.